The lowest BCUT2D eigenvalue weighted by atomic mass is 10.0. The van der Waals surface area contributed by atoms with Gasteiger partial charge < -0.3 is 19.1 Å². The topological polar surface area (TPSA) is 108 Å². The number of imidazole rings is 1. The maximum atomic E-state index is 11.9. The number of nitro benzene ring substituents is 1. The number of anilines is 1. The van der Waals surface area contributed by atoms with Crippen molar-refractivity contribution in [3.05, 3.63) is 69.6 Å². The summed E-state index contributed by atoms with van der Waals surface area (Å²) in [7, 11) is 1.62. The van der Waals surface area contributed by atoms with Crippen molar-refractivity contribution in [2.75, 3.05) is 25.6 Å². The molecule has 0 saturated heterocycles. The van der Waals surface area contributed by atoms with Crippen LogP contribution in [0.3, 0.4) is 0 Å². The van der Waals surface area contributed by atoms with E-state index in [-0.39, 0.29) is 5.69 Å². The second-order valence-corrected chi connectivity index (χ2v) is 7.25. The molecule has 1 N–H and O–H groups in total. The molecule has 0 saturated carbocycles. The quantitative estimate of drug-likeness (QED) is 0.256. The molecule has 0 aliphatic heterocycles. The number of hydrogen-bond acceptors (Lipinski definition) is 7. The predicted octanol–water partition coefficient (Wildman–Crippen LogP) is 4.32. The lowest BCUT2D eigenvalue weighted by Gasteiger charge is -2.11. The van der Waals surface area contributed by atoms with Gasteiger partial charge in [-0.1, -0.05) is 35.5 Å². The van der Waals surface area contributed by atoms with Gasteiger partial charge in [-0.15, -0.1) is 0 Å². The van der Waals surface area contributed by atoms with Crippen LogP contribution in [0.4, 0.5) is 11.6 Å². The van der Waals surface area contributed by atoms with Gasteiger partial charge in [-0.3, -0.25) is 10.1 Å². The molecule has 0 fully saturated rings. The predicted molar refractivity (Wildman–Crippen MR) is 117 cm³/mol. The number of nitrogens with one attached hydrogen (secondary N) is 1. The first kappa shape index (κ1) is 20.5. The Balaban J connectivity index is 1.94. The van der Waals surface area contributed by atoms with E-state index in [9.17, 15) is 10.1 Å². The monoisotopic (exact) mass is 421 g/mol. The van der Waals surface area contributed by atoms with Crippen molar-refractivity contribution in [3.8, 4) is 11.1 Å². The highest BCUT2D eigenvalue weighted by molar-refractivity contribution is 5.92. The van der Waals surface area contributed by atoms with Crippen LogP contribution in [-0.4, -0.2) is 39.9 Å². The molecule has 2 aromatic carbocycles. The summed E-state index contributed by atoms with van der Waals surface area (Å²) in [4.78, 5) is 16.1. The number of rotatable bonds is 8. The van der Waals surface area contributed by atoms with Crippen LogP contribution >= 0.6 is 0 Å². The number of ether oxygens (including phenoxy) is 1. The van der Waals surface area contributed by atoms with Crippen molar-refractivity contribution in [2.24, 2.45) is 0 Å². The van der Waals surface area contributed by atoms with Crippen LogP contribution in [0.2, 0.25) is 0 Å². The molecule has 0 spiro atoms. The lowest BCUT2D eigenvalue weighted by molar-refractivity contribution is -0.383. The van der Waals surface area contributed by atoms with E-state index >= 15 is 0 Å². The van der Waals surface area contributed by atoms with Crippen LogP contribution in [0.1, 0.15) is 17.0 Å². The van der Waals surface area contributed by atoms with Crippen LogP contribution < -0.4 is 5.32 Å². The molecule has 0 radical (unpaired) electrons. The summed E-state index contributed by atoms with van der Waals surface area (Å²) in [5.41, 5.74) is 4.10. The summed E-state index contributed by atoms with van der Waals surface area (Å²) in [6, 6.07) is 13.3. The zero-order chi connectivity index (χ0) is 22.0. The maximum absolute atomic E-state index is 11.9. The van der Waals surface area contributed by atoms with Crippen LogP contribution in [-0.2, 0) is 11.3 Å². The third-order valence-corrected chi connectivity index (χ3v) is 5.13. The Bertz CT molecular complexity index is 1210. The van der Waals surface area contributed by atoms with E-state index in [2.05, 4.69) is 15.5 Å². The second-order valence-electron chi connectivity index (χ2n) is 7.25. The SMILES string of the molecule is COCCNc1nc2c([N+](=O)[O-])cc(-c3c(C)noc3C)cc2n1Cc1ccccc1. The molecular weight excluding hydrogens is 398 g/mol. The molecule has 0 aliphatic carbocycles. The molecule has 31 heavy (non-hydrogen) atoms. The minimum atomic E-state index is -0.400. The largest absolute Gasteiger partial charge is 0.383 e. The normalized spacial score (nSPS) is 11.2. The number of methoxy groups -OCH3 is 1. The molecule has 0 unspecified atom stereocenters. The van der Waals surface area contributed by atoms with E-state index < -0.39 is 4.92 Å². The van der Waals surface area contributed by atoms with Gasteiger partial charge >= 0.3 is 0 Å². The van der Waals surface area contributed by atoms with Crippen molar-refractivity contribution in [2.45, 2.75) is 20.4 Å². The molecule has 160 valence electrons. The van der Waals surface area contributed by atoms with Gasteiger partial charge in [-0.2, -0.15) is 0 Å². The third kappa shape index (κ3) is 3.99. The molecule has 9 heteroatoms. The van der Waals surface area contributed by atoms with E-state index in [1.54, 1.807) is 14.0 Å². The number of nitrogens with zero attached hydrogens (tertiary/aromatic N) is 4. The fourth-order valence-electron chi connectivity index (χ4n) is 3.71. The molecule has 0 aliphatic rings. The molecule has 4 aromatic rings. The number of nitro groups is 1. The minimum Gasteiger partial charge on any atom is -0.383 e. The van der Waals surface area contributed by atoms with Crippen LogP contribution in [0.5, 0.6) is 0 Å². The molecule has 0 atom stereocenters. The highest BCUT2D eigenvalue weighted by atomic mass is 16.6. The van der Waals surface area contributed by atoms with E-state index in [1.807, 2.05) is 47.9 Å². The highest BCUT2D eigenvalue weighted by Gasteiger charge is 2.24. The fourth-order valence-corrected chi connectivity index (χ4v) is 3.71. The average Bonchev–Trinajstić information content (AvgIpc) is 3.27. The van der Waals surface area contributed by atoms with E-state index in [0.717, 1.165) is 11.1 Å². The fraction of sp³-hybridized carbons (Fsp3) is 0.273. The van der Waals surface area contributed by atoms with Gasteiger partial charge in [0.15, 0.2) is 5.52 Å². The smallest absolute Gasteiger partial charge is 0.297 e. The number of hydrogen-bond donors (Lipinski definition) is 1. The zero-order valence-corrected chi connectivity index (χ0v) is 17.6. The standard InChI is InChI=1S/C22H23N5O4/c1-14-20(15(2)31-25-14)17-11-18-21(19(12-17)27(28)29)24-22(23-9-10-30-3)26(18)13-16-7-5-4-6-8-16/h4-8,11-12H,9-10,13H2,1-3H3,(H,23,24). The number of aryl methyl sites for hydroxylation is 2. The molecule has 0 amide bonds. The lowest BCUT2D eigenvalue weighted by Crippen LogP contribution is -2.13. The molecule has 2 aromatic heterocycles. The summed E-state index contributed by atoms with van der Waals surface area (Å²) in [5.74, 6) is 1.16. The van der Waals surface area contributed by atoms with Crippen molar-refractivity contribution in [1.82, 2.24) is 14.7 Å². The Morgan fingerprint density at radius 3 is 2.65 bits per heavy atom. The number of non-ortho nitro benzene ring substituents is 1. The second kappa shape index (κ2) is 8.57. The van der Waals surface area contributed by atoms with Crippen LogP contribution in [0.15, 0.2) is 47.0 Å². The van der Waals surface area contributed by atoms with Crippen LogP contribution in [0.25, 0.3) is 22.2 Å². The maximum Gasteiger partial charge on any atom is 0.297 e. The first-order chi connectivity index (χ1) is 15.0. The number of benzene rings is 2. The Morgan fingerprint density at radius 2 is 2.00 bits per heavy atom. The Labute approximate surface area is 178 Å². The summed E-state index contributed by atoms with van der Waals surface area (Å²) in [6.45, 7) is 5.14. The molecule has 2 heterocycles. The molecule has 4 rings (SSSR count). The molecular formula is C22H23N5O4. The van der Waals surface area contributed by atoms with Crippen molar-refractivity contribution >= 4 is 22.7 Å². The van der Waals surface area contributed by atoms with Gasteiger partial charge in [-0.05, 0) is 31.0 Å². The van der Waals surface area contributed by atoms with Crippen molar-refractivity contribution in [1.29, 1.82) is 0 Å². The Kier molecular flexibility index (Phi) is 5.68. The summed E-state index contributed by atoms with van der Waals surface area (Å²) >= 11 is 0. The van der Waals surface area contributed by atoms with Gasteiger partial charge in [0.2, 0.25) is 5.95 Å². The van der Waals surface area contributed by atoms with Gasteiger partial charge in [0.1, 0.15) is 5.76 Å². The first-order valence-electron chi connectivity index (χ1n) is 9.88. The third-order valence-electron chi connectivity index (χ3n) is 5.13. The Morgan fingerprint density at radius 1 is 1.23 bits per heavy atom. The molecule has 0 bridgehead atoms. The van der Waals surface area contributed by atoms with E-state index in [0.29, 0.717) is 53.7 Å². The van der Waals surface area contributed by atoms with Gasteiger partial charge in [0.25, 0.3) is 5.69 Å². The summed E-state index contributed by atoms with van der Waals surface area (Å²) in [6.07, 6.45) is 0. The van der Waals surface area contributed by atoms with Gasteiger partial charge in [0.05, 0.1) is 29.3 Å². The first-order valence-corrected chi connectivity index (χ1v) is 9.88. The van der Waals surface area contributed by atoms with E-state index in [4.69, 9.17) is 9.26 Å². The van der Waals surface area contributed by atoms with Gasteiger partial charge in [0, 0.05) is 25.3 Å². The summed E-state index contributed by atoms with van der Waals surface area (Å²) < 4.78 is 12.4. The average molecular weight is 421 g/mol. The summed E-state index contributed by atoms with van der Waals surface area (Å²) in [5, 5.41) is 19.2. The number of fused-ring (bicyclic) bond motifs is 1. The Hall–Kier alpha value is -3.72. The van der Waals surface area contributed by atoms with Gasteiger partial charge in [-0.25, -0.2) is 4.98 Å². The van der Waals surface area contributed by atoms with Crippen LogP contribution in [0, 0.1) is 24.0 Å². The molecule has 9 nitrogen and oxygen atoms in total. The van der Waals surface area contributed by atoms with E-state index in [1.165, 1.54) is 6.07 Å². The zero-order valence-electron chi connectivity index (χ0n) is 17.6. The minimum absolute atomic E-state index is 0.0610. The van der Waals surface area contributed by atoms with Crippen molar-refractivity contribution in [3.63, 3.8) is 0 Å². The highest BCUT2D eigenvalue weighted by Crippen LogP contribution is 2.36. The number of aromatic nitrogens is 3. The van der Waals surface area contributed by atoms with Crippen molar-refractivity contribution < 1.29 is 14.2 Å².